The van der Waals surface area contributed by atoms with Crippen molar-refractivity contribution in [1.29, 1.82) is 0 Å². The summed E-state index contributed by atoms with van der Waals surface area (Å²) in [5.74, 6) is 0.868. The molecule has 0 saturated carbocycles. The van der Waals surface area contributed by atoms with Gasteiger partial charge in [0.2, 0.25) is 0 Å². The van der Waals surface area contributed by atoms with Gasteiger partial charge in [-0.2, -0.15) is 0 Å². The number of hydrogen-bond acceptors (Lipinski definition) is 5. The summed E-state index contributed by atoms with van der Waals surface area (Å²) in [6.45, 7) is 10.7. The van der Waals surface area contributed by atoms with E-state index in [4.69, 9.17) is 9.72 Å². The lowest BCUT2D eigenvalue weighted by atomic mass is 9.88. The Balaban J connectivity index is 1.71. The van der Waals surface area contributed by atoms with Crippen molar-refractivity contribution in [3.8, 4) is 0 Å². The molecule has 1 amide bonds. The summed E-state index contributed by atoms with van der Waals surface area (Å²) in [4.78, 5) is 34.4. The number of carbonyl (C=O) groups excluding carboxylic acids is 1. The standard InChI is InChI=1S/C21H29N3O3S/c1-13-16-18(22-15-8-6-5-7-9-24(15)19(16)25)28-17(13)20(26)23-10-11-27-14(12-23)21(2,3)4/h14H,5-12H2,1-4H3. The molecule has 4 rings (SSSR count). The van der Waals surface area contributed by atoms with Crippen LogP contribution < -0.4 is 5.56 Å². The highest BCUT2D eigenvalue weighted by Gasteiger charge is 2.34. The Morgan fingerprint density at radius 2 is 2.00 bits per heavy atom. The number of aromatic nitrogens is 2. The molecule has 1 fully saturated rings. The van der Waals surface area contributed by atoms with Crippen molar-refractivity contribution in [1.82, 2.24) is 14.5 Å². The van der Waals surface area contributed by atoms with Crippen LogP contribution in [0.4, 0.5) is 0 Å². The van der Waals surface area contributed by atoms with E-state index < -0.39 is 0 Å². The third-order valence-electron chi connectivity index (χ3n) is 5.93. The molecule has 0 aromatic carbocycles. The van der Waals surface area contributed by atoms with Gasteiger partial charge in [-0.1, -0.05) is 27.2 Å². The fourth-order valence-corrected chi connectivity index (χ4v) is 5.27. The molecule has 7 heteroatoms. The minimum atomic E-state index is -0.0217. The van der Waals surface area contributed by atoms with Crippen molar-refractivity contribution in [2.75, 3.05) is 19.7 Å². The molecule has 1 unspecified atom stereocenters. The van der Waals surface area contributed by atoms with Crippen LogP contribution in [0.5, 0.6) is 0 Å². The van der Waals surface area contributed by atoms with Crippen LogP contribution in [-0.4, -0.2) is 46.2 Å². The highest BCUT2D eigenvalue weighted by atomic mass is 32.1. The minimum Gasteiger partial charge on any atom is -0.374 e. The molecule has 2 aliphatic heterocycles. The highest BCUT2D eigenvalue weighted by molar-refractivity contribution is 7.20. The van der Waals surface area contributed by atoms with Gasteiger partial charge >= 0.3 is 0 Å². The molecule has 2 aromatic rings. The molecule has 2 aromatic heterocycles. The third kappa shape index (κ3) is 3.39. The van der Waals surface area contributed by atoms with E-state index in [1.807, 2.05) is 16.4 Å². The summed E-state index contributed by atoms with van der Waals surface area (Å²) < 4.78 is 7.72. The van der Waals surface area contributed by atoms with E-state index in [2.05, 4.69) is 20.8 Å². The van der Waals surface area contributed by atoms with Gasteiger partial charge in [-0.25, -0.2) is 4.98 Å². The fraction of sp³-hybridized carbons (Fsp3) is 0.667. The zero-order valence-corrected chi connectivity index (χ0v) is 18.0. The molecule has 6 nitrogen and oxygen atoms in total. The molecule has 0 spiro atoms. The molecule has 2 aliphatic rings. The maximum atomic E-state index is 13.3. The Kier molecular flexibility index (Phi) is 5.08. The summed E-state index contributed by atoms with van der Waals surface area (Å²) in [5, 5.41) is 0.625. The Bertz CT molecular complexity index is 970. The zero-order chi connectivity index (χ0) is 20.1. The number of morpholine rings is 1. The second kappa shape index (κ2) is 7.26. The van der Waals surface area contributed by atoms with Gasteiger partial charge in [0.15, 0.2) is 0 Å². The molecule has 152 valence electrons. The van der Waals surface area contributed by atoms with Crippen LogP contribution in [0.1, 0.15) is 61.1 Å². The predicted octanol–water partition coefficient (Wildman–Crippen LogP) is 3.38. The second-order valence-electron chi connectivity index (χ2n) is 9.01. The van der Waals surface area contributed by atoms with E-state index in [-0.39, 0.29) is 23.0 Å². The average molecular weight is 404 g/mol. The van der Waals surface area contributed by atoms with Gasteiger partial charge in [-0.15, -0.1) is 11.3 Å². The van der Waals surface area contributed by atoms with Gasteiger partial charge in [-0.3, -0.25) is 14.2 Å². The van der Waals surface area contributed by atoms with Crippen LogP contribution in [0.25, 0.3) is 10.2 Å². The summed E-state index contributed by atoms with van der Waals surface area (Å²) in [6, 6.07) is 0. The van der Waals surface area contributed by atoms with Crippen molar-refractivity contribution < 1.29 is 9.53 Å². The first kappa shape index (κ1) is 19.6. The van der Waals surface area contributed by atoms with Crippen molar-refractivity contribution in [3.63, 3.8) is 0 Å². The Morgan fingerprint density at radius 3 is 2.75 bits per heavy atom. The zero-order valence-electron chi connectivity index (χ0n) is 17.2. The van der Waals surface area contributed by atoms with Crippen LogP contribution in [0.3, 0.4) is 0 Å². The largest absolute Gasteiger partial charge is 0.374 e. The van der Waals surface area contributed by atoms with Gasteiger partial charge in [-0.05, 0) is 30.7 Å². The first-order chi connectivity index (χ1) is 13.3. The van der Waals surface area contributed by atoms with Crippen molar-refractivity contribution in [2.24, 2.45) is 5.41 Å². The van der Waals surface area contributed by atoms with E-state index in [1.54, 1.807) is 0 Å². The number of rotatable bonds is 1. The van der Waals surface area contributed by atoms with Crippen LogP contribution >= 0.6 is 11.3 Å². The third-order valence-corrected chi connectivity index (χ3v) is 7.10. The van der Waals surface area contributed by atoms with Crippen molar-refractivity contribution >= 4 is 27.5 Å². The Labute approximate surface area is 169 Å². The van der Waals surface area contributed by atoms with Crippen molar-refractivity contribution in [2.45, 2.75) is 66.0 Å². The number of amides is 1. The molecule has 1 saturated heterocycles. The molecule has 0 N–H and O–H groups in total. The lowest BCUT2D eigenvalue weighted by Crippen LogP contribution is -2.50. The minimum absolute atomic E-state index is 0.00218. The van der Waals surface area contributed by atoms with Crippen molar-refractivity contribution in [3.05, 3.63) is 26.6 Å². The number of aryl methyl sites for hydroxylation is 2. The SMILES string of the molecule is Cc1c(C(=O)N2CCOC(C(C)(C)C)C2)sc2nc3n(c(=O)c12)CCCCC3. The van der Waals surface area contributed by atoms with Gasteiger partial charge in [0.1, 0.15) is 10.7 Å². The maximum Gasteiger partial charge on any atom is 0.264 e. The van der Waals surface area contributed by atoms with E-state index >= 15 is 0 Å². The van der Waals surface area contributed by atoms with Gasteiger partial charge in [0.25, 0.3) is 11.5 Å². The summed E-state index contributed by atoms with van der Waals surface area (Å²) in [7, 11) is 0. The van der Waals surface area contributed by atoms with Gasteiger partial charge < -0.3 is 9.64 Å². The molecule has 1 atom stereocenters. The molecule has 28 heavy (non-hydrogen) atoms. The topological polar surface area (TPSA) is 64.4 Å². The number of hydrogen-bond donors (Lipinski definition) is 0. The molecular weight excluding hydrogens is 374 g/mol. The maximum absolute atomic E-state index is 13.3. The number of carbonyl (C=O) groups is 1. The predicted molar refractivity (Wildman–Crippen MR) is 111 cm³/mol. The Hall–Kier alpha value is -1.73. The summed E-state index contributed by atoms with van der Waals surface area (Å²) in [5.41, 5.74) is 0.775. The monoisotopic (exact) mass is 403 g/mol. The molecule has 4 heterocycles. The van der Waals surface area contributed by atoms with Gasteiger partial charge in [0, 0.05) is 26.1 Å². The van der Waals surface area contributed by atoms with Crippen LogP contribution in [0.15, 0.2) is 4.79 Å². The van der Waals surface area contributed by atoms with E-state index in [1.165, 1.54) is 11.3 Å². The van der Waals surface area contributed by atoms with Gasteiger partial charge in [0.05, 0.1) is 23.0 Å². The average Bonchev–Trinajstić information content (AvgIpc) is 2.82. The molecule has 0 aliphatic carbocycles. The quantitative estimate of drug-likeness (QED) is 0.732. The Morgan fingerprint density at radius 1 is 1.21 bits per heavy atom. The number of ether oxygens (including phenoxy) is 1. The van der Waals surface area contributed by atoms with Crippen LogP contribution in [-0.2, 0) is 17.7 Å². The second-order valence-corrected chi connectivity index (χ2v) is 10.0. The first-order valence-corrected chi connectivity index (χ1v) is 11.0. The molecular formula is C21H29N3O3S. The van der Waals surface area contributed by atoms with E-state index in [9.17, 15) is 9.59 Å². The normalized spacial score (nSPS) is 20.9. The number of thiophene rings is 1. The molecule has 0 radical (unpaired) electrons. The molecule has 0 bridgehead atoms. The van der Waals surface area contributed by atoms with Crippen LogP contribution in [0, 0.1) is 12.3 Å². The smallest absolute Gasteiger partial charge is 0.264 e. The first-order valence-electron chi connectivity index (χ1n) is 10.2. The van der Waals surface area contributed by atoms with E-state index in [0.717, 1.165) is 43.6 Å². The van der Waals surface area contributed by atoms with E-state index in [0.29, 0.717) is 34.8 Å². The fourth-order valence-electron chi connectivity index (χ4n) is 4.12. The summed E-state index contributed by atoms with van der Waals surface area (Å²) >= 11 is 1.37. The highest BCUT2D eigenvalue weighted by Crippen LogP contribution is 2.31. The lowest BCUT2D eigenvalue weighted by Gasteiger charge is -2.39. The number of fused-ring (bicyclic) bond motifs is 2. The number of nitrogens with zero attached hydrogens (tertiary/aromatic N) is 3. The summed E-state index contributed by atoms with van der Waals surface area (Å²) in [6.07, 6.45) is 4.06. The van der Waals surface area contributed by atoms with Crippen LogP contribution in [0.2, 0.25) is 0 Å². The lowest BCUT2D eigenvalue weighted by molar-refractivity contribution is -0.0705.